The summed E-state index contributed by atoms with van der Waals surface area (Å²) in [6, 6.07) is 10.2. The van der Waals surface area contributed by atoms with E-state index in [0.717, 1.165) is 17.9 Å². The zero-order valence-electron chi connectivity index (χ0n) is 12.4. The number of aromatic nitrogens is 2. The van der Waals surface area contributed by atoms with Crippen LogP contribution in [0.15, 0.2) is 42.7 Å². The quantitative estimate of drug-likeness (QED) is 0.879. The van der Waals surface area contributed by atoms with Gasteiger partial charge in [-0.25, -0.2) is 4.98 Å². The molecule has 0 radical (unpaired) electrons. The molecule has 1 atom stereocenters. The van der Waals surface area contributed by atoms with E-state index < -0.39 is 6.10 Å². The molecule has 1 heterocycles. The van der Waals surface area contributed by atoms with Crippen molar-refractivity contribution in [2.45, 2.75) is 32.5 Å². The maximum Gasteiger partial charge on any atom is 0.123 e. The van der Waals surface area contributed by atoms with Crippen LogP contribution in [0.25, 0.3) is 0 Å². The number of rotatable bonds is 6. The minimum absolute atomic E-state index is 0.403. The summed E-state index contributed by atoms with van der Waals surface area (Å²) in [4.78, 5) is 6.49. The summed E-state index contributed by atoms with van der Waals surface area (Å²) in [5.74, 6) is 1.03. The summed E-state index contributed by atoms with van der Waals surface area (Å²) in [7, 11) is 2.01. The van der Waals surface area contributed by atoms with E-state index in [1.165, 1.54) is 0 Å². The molecule has 1 aromatic carbocycles. The number of aliphatic hydroxyl groups is 1. The topological polar surface area (TPSA) is 41.3 Å². The summed E-state index contributed by atoms with van der Waals surface area (Å²) in [5.41, 5.74) is 0.951. The fraction of sp³-hybridized carbons (Fsp3) is 0.438. The van der Waals surface area contributed by atoms with Gasteiger partial charge in [-0.2, -0.15) is 0 Å². The first kappa shape index (κ1) is 14.8. The highest BCUT2D eigenvalue weighted by molar-refractivity contribution is 5.17. The summed E-state index contributed by atoms with van der Waals surface area (Å²) in [5, 5.41) is 10.2. The van der Waals surface area contributed by atoms with Crippen LogP contribution in [0.4, 0.5) is 0 Å². The molecule has 1 unspecified atom stereocenters. The number of likely N-dealkylation sites (N-methyl/N-ethyl adjacent to an activating group) is 1. The molecule has 0 saturated heterocycles. The number of hydrogen-bond acceptors (Lipinski definition) is 3. The lowest BCUT2D eigenvalue weighted by atomic mass is 10.1. The first-order chi connectivity index (χ1) is 9.58. The second-order valence-corrected chi connectivity index (χ2v) is 5.47. The largest absolute Gasteiger partial charge is 0.387 e. The number of benzene rings is 1. The third kappa shape index (κ3) is 3.68. The number of hydrogen-bond donors (Lipinski definition) is 1. The molecule has 20 heavy (non-hydrogen) atoms. The predicted octanol–water partition coefficient (Wildman–Crippen LogP) is 2.63. The van der Waals surface area contributed by atoms with E-state index in [-0.39, 0.29) is 0 Å². The molecule has 0 aliphatic heterocycles. The van der Waals surface area contributed by atoms with Crippen molar-refractivity contribution >= 4 is 0 Å². The maximum atomic E-state index is 10.2. The lowest BCUT2D eigenvalue weighted by molar-refractivity contribution is 0.122. The van der Waals surface area contributed by atoms with E-state index in [1.54, 1.807) is 0 Å². The summed E-state index contributed by atoms with van der Waals surface area (Å²) < 4.78 is 2.16. The second-order valence-electron chi connectivity index (χ2n) is 5.47. The number of aliphatic hydroxyl groups excluding tert-OH is 1. The molecule has 108 valence electrons. The van der Waals surface area contributed by atoms with Gasteiger partial charge in [0, 0.05) is 25.0 Å². The third-order valence-electron chi connectivity index (χ3n) is 3.39. The van der Waals surface area contributed by atoms with E-state index in [2.05, 4.69) is 28.3 Å². The van der Waals surface area contributed by atoms with Crippen molar-refractivity contribution in [3.63, 3.8) is 0 Å². The van der Waals surface area contributed by atoms with Crippen LogP contribution in [-0.2, 0) is 6.54 Å². The Hall–Kier alpha value is -1.65. The van der Waals surface area contributed by atoms with Gasteiger partial charge in [0.1, 0.15) is 5.82 Å². The summed E-state index contributed by atoms with van der Waals surface area (Å²) >= 11 is 0. The zero-order valence-corrected chi connectivity index (χ0v) is 12.4. The molecule has 0 spiro atoms. The van der Waals surface area contributed by atoms with Crippen molar-refractivity contribution in [3.05, 3.63) is 54.1 Å². The second kappa shape index (κ2) is 6.68. The fourth-order valence-corrected chi connectivity index (χ4v) is 2.32. The highest BCUT2D eigenvalue weighted by Gasteiger charge is 2.13. The van der Waals surface area contributed by atoms with Crippen LogP contribution in [-0.4, -0.2) is 33.1 Å². The predicted molar refractivity (Wildman–Crippen MR) is 80.3 cm³/mol. The molecular formula is C16H23N3O. The van der Waals surface area contributed by atoms with E-state index in [9.17, 15) is 5.11 Å². The Morgan fingerprint density at radius 3 is 2.60 bits per heavy atom. The monoisotopic (exact) mass is 273 g/mol. The van der Waals surface area contributed by atoms with Crippen molar-refractivity contribution in [1.82, 2.24) is 14.5 Å². The smallest absolute Gasteiger partial charge is 0.123 e. The lowest BCUT2D eigenvalue weighted by Crippen LogP contribution is -2.26. The van der Waals surface area contributed by atoms with Crippen LogP contribution in [0, 0.1) is 0 Å². The van der Waals surface area contributed by atoms with Gasteiger partial charge in [-0.15, -0.1) is 0 Å². The van der Waals surface area contributed by atoms with Crippen molar-refractivity contribution in [2.75, 3.05) is 13.6 Å². The van der Waals surface area contributed by atoms with Gasteiger partial charge in [0.05, 0.1) is 12.6 Å². The molecule has 0 bridgehead atoms. The van der Waals surface area contributed by atoms with Gasteiger partial charge < -0.3 is 9.67 Å². The molecule has 4 heteroatoms. The van der Waals surface area contributed by atoms with Crippen molar-refractivity contribution in [2.24, 2.45) is 0 Å². The Balaban J connectivity index is 1.95. The number of nitrogens with zero attached hydrogens (tertiary/aromatic N) is 3. The molecular weight excluding hydrogens is 250 g/mol. The molecule has 4 nitrogen and oxygen atoms in total. The molecule has 0 aliphatic rings. The summed E-state index contributed by atoms with van der Waals surface area (Å²) in [6.07, 6.45) is 3.36. The van der Waals surface area contributed by atoms with Crippen LogP contribution in [0.2, 0.25) is 0 Å². The average molecular weight is 273 g/mol. The van der Waals surface area contributed by atoms with Crippen LogP contribution in [0.1, 0.15) is 37.4 Å². The van der Waals surface area contributed by atoms with Gasteiger partial charge in [0.25, 0.3) is 0 Å². The molecule has 2 aromatic rings. The van der Waals surface area contributed by atoms with Gasteiger partial charge in [0.2, 0.25) is 0 Å². The zero-order chi connectivity index (χ0) is 14.5. The van der Waals surface area contributed by atoms with Gasteiger partial charge in [-0.1, -0.05) is 30.3 Å². The average Bonchev–Trinajstić information content (AvgIpc) is 2.87. The van der Waals surface area contributed by atoms with Crippen LogP contribution >= 0.6 is 0 Å². The minimum atomic E-state index is -0.469. The Morgan fingerprint density at radius 2 is 1.95 bits per heavy atom. The highest BCUT2D eigenvalue weighted by atomic mass is 16.3. The van der Waals surface area contributed by atoms with E-state index in [0.29, 0.717) is 12.6 Å². The molecule has 1 aromatic heterocycles. The Kier molecular flexibility index (Phi) is 4.93. The molecule has 0 aliphatic carbocycles. The molecule has 2 rings (SSSR count). The minimum Gasteiger partial charge on any atom is -0.387 e. The normalized spacial score (nSPS) is 13.1. The van der Waals surface area contributed by atoms with Crippen LogP contribution in [0.5, 0.6) is 0 Å². The van der Waals surface area contributed by atoms with Gasteiger partial charge >= 0.3 is 0 Å². The maximum absolute atomic E-state index is 10.2. The molecule has 0 amide bonds. The highest BCUT2D eigenvalue weighted by Crippen LogP contribution is 2.15. The van der Waals surface area contributed by atoms with Crippen molar-refractivity contribution in [1.29, 1.82) is 0 Å². The summed E-state index contributed by atoms with van der Waals surface area (Å²) in [6.45, 7) is 5.61. The fourth-order valence-electron chi connectivity index (χ4n) is 2.32. The Morgan fingerprint density at radius 1 is 1.25 bits per heavy atom. The first-order valence-corrected chi connectivity index (χ1v) is 7.01. The SMILES string of the molecule is CC(C)n1ccnc1CN(C)CC(O)c1ccccc1. The van der Waals surface area contributed by atoms with Crippen LogP contribution in [0.3, 0.4) is 0 Å². The molecule has 1 N–H and O–H groups in total. The van der Waals surface area contributed by atoms with E-state index in [1.807, 2.05) is 49.8 Å². The molecule has 0 saturated carbocycles. The lowest BCUT2D eigenvalue weighted by Gasteiger charge is -2.21. The van der Waals surface area contributed by atoms with Crippen LogP contribution < -0.4 is 0 Å². The van der Waals surface area contributed by atoms with Gasteiger partial charge in [0.15, 0.2) is 0 Å². The van der Waals surface area contributed by atoms with Crippen molar-refractivity contribution in [3.8, 4) is 0 Å². The van der Waals surface area contributed by atoms with Gasteiger partial charge in [-0.3, -0.25) is 4.90 Å². The number of imidazole rings is 1. The standard InChI is InChI=1S/C16H23N3O/c1-13(2)19-10-9-17-16(19)12-18(3)11-15(20)14-7-5-4-6-8-14/h4-10,13,15,20H,11-12H2,1-3H3. The third-order valence-corrected chi connectivity index (χ3v) is 3.39. The molecule has 0 fully saturated rings. The van der Waals surface area contributed by atoms with Crippen molar-refractivity contribution < 1.29 is 5.11 Å². The van der Waals surface area contributed by atoms with E-state index >= 15 is 0 Å². The van der Waals surface area contributed by atoms with Gasteiger partial charge in [-0.05, 0) is 26.5 Å². The first-order valence-electron chi connectivity index (χ1n) is 7.01. The Labute approximate surface area is 120 Å². The Bertz CT molecular complexity index is 522. The van der Waals surface area contributed by atoms with E-state index in [4.69, 9.17) is 0 Å².